The molecule has 2 N–H and O–H groups in total. The van der Waals surface area contributed by atoms with E-state index in [1.165, 1.54) is 18.5 Å². The number of hydrogen-bond donors (Lipinski definition) is 1. The maximum absolute atomic E-state index is 5.84. The molecule has 4 heteroatoms. The third kappa shape index (κ3) is 3.23. The highest BCUT2D eigenvalue weighted by molar-refractivity contribution is 9.10. The predicted octanol–water partition coefficient (Wildman–Crippen LogP) is 3.71. The van der Waals surface area contributed by atoms with Gasteiger partial charge >= 0.3 is 0 Å². The van der Waals surface area contributed by atoms with E-state index in [1.807, 2.05) is 12.1 Å². The van der Waals surface area contributed by atoms with Crippen LogP contribution in [0.4, 0.5) is 5.69 Å². The van der Waals surface area contributed by atoms with Crippen LogP contribution in [0.25, 0.3) is 0 Å². The predicted molar refractivity (Wildman–Crippen MR) is 85.2 cm³/mol. The summed E-state index contributed by atoms with van der Waals surface area (Å²) in [4.78, 5) is 2.94. The number of nitrogens with two attached hydrogens (primary N) is 1. The first-order valence-corrected chi connectivity index (χ1v) is 7.55. The zero-order chi connectivity index (χ0) is 13.3. The summed E-state index contributed by atoms with van der Waals surface area (Å²) in [6.07, 6.45) is 2.55. The molecule has 1 fully saturated rings. The second-order valence-electron chi connectivity index (χ2n) is 5.30. The first-order chi connectivity index (χ1) is 8.49. The molecule has 18 heavy (non-hydrogen) atoms. The second kappa shape index (κ2) is 5.57. The molecule has 1 aromatic carbocycles. The number of anilines is 1. The molecule has 0 heterocycles. The lowest BCUT2D eigenvalue weighted by atomic mass is 10.1. The van der Waals surface area contributed by atoms with E-state index < -0.39 is 0 Å². The van der Waals surface area contributed by atoms with Crippen molar-refractivity contribution in [3.63, 3.8) is 0 Å². The van der Waals surface area contributed by atoms with Gasteiger partial charge in [-0.25, -0.2) is 0 Å². The van der Waals surface area contributed by atoms with Crippen molar-refractivity contribution in [2.24, 2.45) is 11.7 Å². The Bertz CT molecular complexity index is 455. The van der Waals surface area contributed by atoms with Crippen LogP contribution in [-0.4, -0.2) is 17.6 Å². The van der Waals surface area contributed by atoms with Crippen molar-refractivity contribution in [2.45, 2.75) is 32.7 Å². The van der Waals surface area contributed by atoms with Crippen LogP contribution in [0.1, 0.15) is 32.3 Å². The molecule has 0 unspecified atom stereocenters. The summed E-state index contributed by atoms with van der Waals surface area (Å²) < 4.78 is 1.08. The lowest BCUT2D eigenvalue weighted by Crippen LogP contribution is -2.31. The van der Waals surface area contributed by atoms with Gasteiger partial charge in [0.2, 0.25) is 0 Å². The second-order valence-corrected chi connectivity index (χ2v) is 6.66. The van der Waals surface area contributed by atoms with Crippen LogP contribution in [0.15, 0.2) is 22.7 Å². The molecule has 1 aliphatic rings. The van der Waals surface area contributed by atoms with E-state index in [4.69, 9.17) is 18.0 Å². The lowest BCUT2D eigenvalue weighted by Gasteiger charge is -2.29. The summed E-state index contributed by atoms with van der Waals surface area (Å²) in [5.74, 6) is 0.628. The van der Waals surface area contributed by atoms with E-state index in [0.29, 0.717) is 16.9 Å². The number of halogens is 1. The van der Waals surface area contributed by atoms with Gasteiger partial charge < -0.3 is 10.6 Å². The Hall–Kier alpha value is -0.610. The van der Waals surface area contributed by atoms with E-state index in [-0.39, 0.29) is 0 Å². The van der Waals surface area contributed by atoms with E-state index in [0.717, 1.165) is 16.6 Å². The van der Waals surface area contributed by atoms with Crippen LogP contribution in [0, 0.1) is 5.92 Å². The average Bonchev–Trinajstić information content (AvgIpc) is 3.08. The topological polar surface area (TPSA) is 29.3 Å². The Morgan fingerprint density at radius 2 is 2.17 bits per heavy atom. The van der Waals surface area contributed by atoms with Gasteiger partial charge in [0.05, 0.1) is 0 Å². The minimum atomic E-state index is 0.479. The zero-order valence-electron chi connectivity index (χ0n) is 10.8. The van der Waals surface area contributed by atoms with Gasteiger partial charge in [-0.1, -0.05) is 42.0 Å². The molecular weight excluding hydrogens is 308 g/mol. The number of thiocarbonyl (C=S) groups is 1. The van der Waals surface area contributed by atoms with E-state index in [2.05, 4.69) is 40.7 Å². The first kappa shape index (κ1) is 13.8. The molecule has 0 saturated heterocycles. The molecule has 1 aromatic rings. The van der Waals surface area contributed by atoms with Crippen LogP contribution < -0.4 is 10.6 Å². The Morgan fingerprint density at radius 1 is 1.50 bits per heavy atom. The third-order valence-corrected chi connectivity index (χ3v) is 3.80. The van der Waals surface area contributed by atoms with Crippen LogP contribution >= 0.6 is 28.1 Å². The van der Waals surface area contributed by atoms with Crippen molar-refractivity contribution in [1.29, 1.82) is 0 Å². The number of rotatable bonds is 5. The third-order valence-electron chi connectivity index (χ3n) is 3.08. The Balaban J connectivity index is 2.38. The SMILES string of the molecule is CC(C)CN(c1cc(Br)ccc1C(N)=S)C1CC1. The Labute approximate surface area is 123 Å². The minimum absolute atomic E-state index is 0.479. The first-order valence-electron chi connectivity index (χ1n) is 6.35. The van der Waals surface area contributed by atoms with Crippen molar-refractivity contribution >= 4 is 38.8 Å². The molecule has 0 aliphatic heterocycles. The smallest absolute Gasteiger partial charge is 0.106 e. The monoisotopic (exact) mass is 326 g/mol. The minimum Gasteiger partial charge on any atom is -0.389 e. The molecule has 98 valence electrons. The summed E-state index contributed by atoms with van der Waals surface area (Å²) in [6.45, 7) is 5.54. The van der Waals surface area contributed by atoms with Crippen LogP contribution in [-0.2, 0) is 0 Å². The van der Waals surface area contributed by atoms with E-state index >= 15 is 0 Å². The van der Waals surface area contributed by atoms with Gasteiger partial charge in [-0.3, -0.25) is 0 Å². The van der Waals surface area contributed by atoms with E-state index in [1.54, 1.807) is 0 Å². The number of nitrogens with zero attached hydrogens (tertiary/aromatic N) is 1. The number of benzene rings is 1. The largest absolute Gasteiger partial charge is 0.389 e. The quantitative estimate of drug-likeness (QED) is 0.836. The van der Waals surface area contributed by atoms with Gasteiger partial charge in [0.25, 0.3) is 0 Å². The van der Waals surface area contributed by atoms with E-state index in [9.17, 15) is 0 Å². The van der Waals surface area contributed by atoms with Gasteiger partial charge in [-0.2, -0.15) is 0 Å². The van der Waals surface area contributed by atoms with Crippen molar-refractivity contribution < 1.29 is 0 Å². The molecule has 1 saturated carbocycles. The van der Waals surface area contributed by atoms with Crippen molar-refractivity contribution in [2.75, 3.05) is 11.4 Å². The Morgan fingerprint density at radius 3 is 2.67 bits per heavy atom. The number of hydrogen-bond acceptors (Lipinski definition) is 2. The molecule has 0 radical (unpaired) electrons. The molecule has 2 rings (SSSR count). The summed E-state index contributed by atoms with van der Waals surface area (Å²) in [7, 11) is 0. The molecule has 0 spiro atoms. The van der Waals surface area contributed by atoms with Gasteiger partial charge in [-0.05, 0) is 37.0 Å². The maximum Gasteiger partial charge on any atom is 0.106 e. The van der Waals surface area contributed by atoms with Gasteiger partial charge in [0.15, 0.2) is 0 Å². The van der Waals surface area contributed by atoms with Gasteiger partial charge in [-0.15, -0.1) is 0 Å². The zero-order valence-corrected chi connectivity index (χ0v) is 13.2. The van der Waals surface area contributed by atoms with Crippen molar-refractivity contribution in [1.82, 2.24) is 0 Å². The van der Waals surface area contributed by atoms with Crippen LogP contribution in [0.3, 0.4) is 0 Å². The molecule has 0 amide bonds. The highest BCUT2D eigenvalue weighted by Crippen LogP contribution is 2.35. The van der Waals surface area contributed by atoms with Crippen molar-refractivity contribution in [3.8, 4) is 0 Å². The summed E-state index contributed by atoms with van der Waals surface area (Å²) in [5, 5.41) is 0. The summed E-state index contributed by atoms with van der Waals surface area (Å²) in [6, 6.07) is 6.81. The average molecular weight is 327 g/mol. The summed E-state index contributed by atoms with van der Waals surface area (Å²) in [5.41, 5.74) is 8.00. The fourth-order valence-corrected chi connectivity index (χ4v) is 2.70. The standard InChI is InChI=1S/C14H19BrN2S/c1-9(2)8-17(11-4-5-11)13-7-10(15)3-6-12(13)14(16)18/h3,6-7,9,11H,4-5,8H2,1-2H3,(H2,16,18). The Kier molecular flexibility index (Phi) is 4.28. The fourth-order valence-electron chi connectivity index (χ4n) is 2.17. The molecule has 0 atom stereocenters. The highest BCUT2D eigenvalue weighted by Gasteiger charge is 2.31. The van der Waals surface area contributed by atoms with Crippen molar-refractivity contribution in [3.05, 3.63) is 28.2 Å². The normalized spacial score (nSPS) is 14.9. The van der Waals surface area contributed by atoms with Gasteiger partial charge in [0.1, 0.15) is 4.99 Å². The molecule has 1 aliphatic carbocycles. The molecule has 0 aromatic heterocycles. The van der Waals surface area contributed by atoms with Crippen LogP contribution in [0.5, 0.6) is 0 Å². The van der Waals surface area contributed by atoms with Crippen LogP contribution in [0.2, 0.25) is 0 Å². The molecular formula is C14H19BrN2S. The van der Waals surface area contributed by atoms with Gasteiger partial charge in [0, 0.05) is 28.3 Å². The fraction of sp³-hybridized carbons (Fsp3) is 0.500. The summed E-state index contributed by atoms with van der Waals surface area (Å²) >= 11 is 8.71. The molecule has 2 nitrogen and oxygen atoms in total. The lowest BCUT2D eigenvalue weighted by molar-refractivity contribution is 0.607. The highest BCUT2D eigenvalue weighted by atomic mass is 79.9. The maximum atomic E-state index is 5.84. The molecule has 0 bridgehead atoms.